The van der Waals surface area contributed by atoms with Crippen LogP contribution in [0.2, 0.25) is 0 Å². The molecule has 1 amide bonds. The minimum Gasteiger partial charge on any atom is -0.467 e. The number of aromatic nitrogens is 2. The van der Waals surface area contributed by atoms with Crippen LogP contribution in [0.25, 0.3) is 0 Å². The maximum absolute atomic E-state index is 12.6. The van der Waals surface area contributed by atoms with Crippen molar-refractivity contribution in [1.82, 2.24) is 14.9 Å². The molecule has 0 N–H and O–H groups in total. The number of amides is 1. The summed E-state index contributed by atoms with van der Waals surface area (Å²) in [6, 6.07) is 5.52. The van der Waals surface area contributed by atoms with Crippen molar-refractivity contribution >= 4 is 11.9 Å². The van der Waals surface area contributed by atoms with E-state index < -0.39 is 0 Å². The van der Waals surface area contributed by atoms with Gasteiger partial charge < -0.3 is 14.2 Å². The molecule has 3 rings (SSSR count). The van der Waals surface area contributed by atoms with Crippen LogP contribution >= 0.6 is 0 Å². The van der Waals surface area contributed by atoms with E-state index in [9.17, 15) is 4.79 Å². The molecular weight excluding hydrogens is 280 g/mol. The topological polar surface area (TPSA) is 62.5 Å². The van der Waals surface area contributed by atoms with Gasteiger partial charge in [-0.25, -0.2) is 9.97 Å². The lowest BCUT2D eigenvalue weighted by molar-refractivity contribution is -0.135. The van der Waals surface area contributed by atoms with Gasteiger partial charge in [0.05, 0.1) is 18.7 Å². The van der Waals surface area contributed by atoms with Gasteiger partial charge in [0.2, 0.25) is 11.9 Å². The molecule has 0 bridgehead atoms. The number of carbonyl (C=O) groups excluding carboxylic acids is 1. The summed E-state index contributed by atoms with van der Waals surface area (Å²) in [4.78, 5) is 25.0. The first-order valence-corrected chi connectivity index (χ1v) is 7.53. The monoisotopic (exact) mass is 300 g/mol. The number of nitrogens with zero attached hydrogens (tertiary/aromatic N) is 4. The van der Waals surface area contributed by atoms with Crippen molar-refractivity contribution in [3.63, 3.8) is 0 Å². The van der Waals surface area contributed by atoms with E-state index in [0.29, 0.717) is 19.0 Å². The first-order valence-electron chi connectivity index (χ1n) is 7.53. The third kappa shape index (κ3) is 3.27. The second kappa shape index (κ2) is 6.60. The number of rotatable bonds is 4. The van der Waals surface area contributed by atoms with E-state index in [1.165, 1.54) is 0 Å². The highest BCUT2D eigenvalue weighted by atomic mass is 16.3. The summed E-state index contributed by atoms with van der Waals surface area (Å²) in [7, 11) is 1.82. The Morgan fingerprint density at radius 2 is 2.23 bits per heavy atom. The number of anilines is 1. The van der Waals surface area contributed by atoms with Crippen LogP contribution < -0.4 is 4.90 Å². The SMILES string of the molecule is CN(Cc1ccco1)C(=O)[C@H]1CCCN(c2ncccn2)C1. The van der Waals surface area contributed by atoms with Crippen LogP contribution in [-0.4, -0.2) is 40.9 Å². The lowest BCUT2D eigenvalue weighted by atomic mass is 9.97. The molecule has 6 heteroatoms. The summed E-state index contributed by atoms with van der Waals surface area (Å²) in [5.41, 5.74) is 0. The molecule has 1 fully saturated rings. The second-order valence-electron chi connectivity index (χ2n) is 5.61. The average molecular weight is 300 g/mol. The molecule has 3 heterocycles. The summed E-state index contributed by atoms with van der Waals surface area (Å²) in [6.07, 6.45) is 6.98. The fourth-order valence-corrected chi connectivity index (χ4v) is 2.84. The average Bonchev–Trinajstić information content (AvgIpc) is 3.08. The molecule has 2 aromatic rings. The van der Waals surface area contributed by atoms with Crippen molar-refractivity contribution < 1.29 is 9.21 Å². The fraction of sp³-hybridized carbons (Fsp3) is 0.438. The van der Waals surface area contributed by atoms with Crippen molar-refractivity contribution in [3.8, 4) is 0 Å². The fourth-order valence-electron chi connectivity index (χ4n) is 2.84. The predicted molar refractivity (Wildman–Crippen MR) is 82.2 cm³/mol. The molecule has 6 nitrogen and oxygen atoms in total. The van der Waals surface area contributed by atoms with Gasteiger partial charge in [0.25, 0.3) is 0 Å². The van der Waals surface area contributed by atoms with Crippen LogP contribution in [0.15, 0.2) is 41.3 Å². The Bertz CT molecular complexity index is 600. The molecule has 22 heavy (non-hydrogen) atoms. The van der Waals surface area contributed by atoms with Gasteiger partial charge in [0.15, 0.2) is 0 Å². The van der Waals surface area contributed by atoms with Crippen molar-refractivity contribution in [3.05, 3.63) is 42.6 Å². The molecule has 0 saturated carbocycles. The highest BCUT2D eigenvalue weighted by Gasteiger charge is 2.29. The third-order valence-corrected chi connectivity index (χ3v) is 3.95. The lowest BCUT2D eigenvalue weighted by Gasteiger charge is -2.33. The van der Waals surface area contributed by atoms with Gasteiger partial charge in [0, 0.05) is 32.5 Å². The molecule has 0 spiro atoms. The van der Waals surface area contributed by atoms with Crippen molar-refractivity contribution in [2.75, 3.05) is 25.0 Å². The van der Waals surface area contributed by atoms with Crippen molar-refractivity contribution in [2.45, 2.75) is 19.4 Å². The van der Waals surface area contributed by atoms with Gasteiger partial charge in [-0.3, -0.25) is 4.79 Å². The summed E-state index contributed by atoms with van der Waals surface area (Å²) in [6.45, 7) is 2.07. The van der Waals surface area contributed by atoms with Crippen molar-refractivity contribution in [2.24, 2.45) is 5.92 Å². The molecule has 0 radical (unpaired) electrons. The van der Waals surface area contributed by atoms with E-state index in [-0.39, 0.29) is 11.8 Å². The Hall–Kier alpha value is -2.37. The lowest BCUT2D eigenvalue weighted by Crippen LogP contribution is -2.44. The Labute approximate surface area is 129 Å². The quantitative estimate of drug-likeness (QED) is 0.863. The zero-order chi connectivity index (χ0) is 15.4. The van der Waals surface area contributed by atoms with E-state index >= 15 is 0 Å². The van der Waals surface area contributed by atoms with E-state index in [1.54, 1.807) is 29.6 Å². The molecule has 1 aliphatic heterocycles. The summed E-state index contributed by atoms with van der Waals surface area (Å²) in [5.74, 6) is 1.64. The van der Waals surface area contributed by atoms with Gasteiger partial charge in [-0.15, -0.1) is 0 Å². The zero-order valence-electron chi connectivity index (χ0n) is 12.7. The maximum atomic E-state index is 12.6. The minimum absolute atomic E-state index is 0.0162. The van der Waals surface area contributed by atoms with Gasteiger partial charge in [-0.05, 0) is 31.0 Å². The highest BCUT2D eigenvalue weighted by Crippen LogP contribution is 2.22. The molecular formula is C16H20N4O2. The Morgan fingerprint density at radius 3 is 2.95 bits per heavy atom. The Kier molecular flexibility index (Phi) is 4.37. The molecule has 0 aliphatic carbocycles. The number of carbonyl (C=O) groups is 1. The molecule has 0 aromatic carbocycles. The third-order valence-electron chi connectivity index (χ3n) is 3.95. The molecule has 1 atom stereocenters. The summed E-state index contributed by atoms with van der Waals surface area (Å²) < 4.78 is 5.31. The van der Waals surface area contributed by atoms with E-state index in [2.05, 4.69) is 14.9 Å². The van der Waals surface area contributed by atoms with Crippen LogP contribution in [-0.2, 0) is 11.3 Å². The first kappa shape index (κ1) is 14.6. The normalized spacial score (nSPS) is 18.2. The number of hydrogen-bond donors (Lipinski definition) is 0. The summed E-state index contributed by atoms with van der Waals surface area (Å²) >= 11 is 0. The van der Waals surface area contributed by atoms with Crippen LogP contribution in [0.1, 0.15) is 18.6 Å². The predicted octanol–water partition coefficient (Wildman–Crippen LogP) is 1.94. The Balaban J connectivity index is 1.62. The van der Waals surface area contributed by atoms with Gasteiger partial charge in [-0.2, -0.15) is 0 Å². The number of piperidine rings is 1. The van der Waals surface area contributed by atoms with Crippen LogP contribution in [0.4, 0.5) is 5.95 Å². The van der Waals surface area contributed by atoms with E-state index in [0.717, 1.165) is 25.1 Å². The highest BCUT2D eigenvalue weighted by molar-refractivity contribution is 5.79. The Morgan fingerprint density at radius 1 is 1.41 bits per heavy atom. The van der Waals surface area contributed by atoms with Crippen LogP contribution in [0.5, 0.6) is 0 Å². The second-order valence-corrected chi connectivity index (χ2v) is 5.61. The molecule has 2 aromatic heterocycles. The van der Waals surface area contributed by atoms with Gasteiger partial charge in [-0.1, -0.05) is 0 Å². The number of furan rings is 1. The first-order chi connectivity index (χ1) is 10.7. The van der Waals surface area contributed by atoms with Crippen molar-refractivity contribution in [1.29, 1.82) is 0 Å². The summed E-state index contributed by atoms with van der Waals surface area (Å²) in [5, 5.41) is 0. The molecule has 0 unspecified atom stereocenters. The van der Waals surface area contributed by atoms with Gasteiger partial charge in [0.1, 0.15) is 5.76 Å². The van der Waals surface area contributed by atoms with E-state index in [4.69, 9.17) is 4.42 Å². The number of hydrogen-bond acceptors (Lipinski definition) is 5. The van der Waals surface area contributed by atoms with Crippen LogP contribution in [0, 0.1) is 5.92 Å². The smallest absolute Gasteiger partial charge is 0.227 e. The standard InChI is InChI=1S/C16H20N4O2/c1-19(12-14-6-3-10-22-14)15(21)13-5-2-9-20(11-13)16-17-7-4-8-18-16/h3-4,6-8,10,13H,2,5,9,11-12H2,1H3/t13-/m0/s1. The minimum atomic E-state index is -0.0162. The van der Waals surface area contributed by atoms with E-state index in [1.807, 2.05) is 19.2 Å². The molecule has 116 valence electrons. The zero-order valence-corrected chi connectivity index (χ0v) is 12.7. The molecule has 1 aliphatic rings. The molecule has 1 saturated heterocycles. The maximum Gasteiger partial charge on any atom is 0.227 e. The largest absolute Gasteiger partial charge is 0.467 e. The van der Waals surface area contributed by atoms with Gasteiger partial charge >= 0.3 is 0 Å². The van der Waals surface area contributed by atoms with Crippen LogP contribution in [0.3, 0.4) is 0 Å².